The second-order valence-electron chi connectivity index (χ2n) is 4.76. The molecule has 0 amide bonds. The molecule has 0 saturated carbocycles. The monoisotopic (exact) mass is 343 g/mol. The third-order valence-electron chi connectivity index (χ3n) is 3.33. The Bertz CT molecular complexity index is 738. The summed E-state index contributed by atoms with van der Waals surface area (Å²) in [6.45, 7) is 5.94. The molecule has 0 bridgehead atoms. The van der Waals surface area contributed by atoms with Crippen molar-refractivity contribution in [3.63, 3.8) is 0 Å². The van der Waals surface area contributed by atoms with Crippen LogP contribution < -0.4 is 4.31 Å². The van der Waals surface area contributed by atoms with Gasteiger partial charge in [-0.15, -0.1) is 22.9 Å². The van der Waals surface area contributed by atoms with Gasteiger partial charge in [0.2, 0.25) is 0 Å². The maximum atomic E-state index is 13.1. The van der Waals surface area contributed by atoms with E-state index < -0.39 is 10.0 Å². The summed E-state index contributed by atoms with van der Waals surface area (Å²) < 4.78 is 27.6. The first-order valence-electron chi connectivity index (χ1n) is 6.64. The van der Waals surface area contributed by atoms with Crippen LogP contribution in [0.3, 0.4) is 0 Å². The van der Waals surface area contributed by atoms with E-state index in [1.165, 1.54) is 15.6 Å². The lowest BCUT2D eigenvalue weighted by Crippen LogP contribution is -2.32. The van der Waals surface area contributed by atoms with Crippen LogP contribution in [0.5, 0.6) is 0 Å². The minimum atomic E-state index is -3.60. The molecule has 0 atom stereocenters. The van der Waals surface area contributed by atoms with Crippen LogP contribution in [0.1, 0.15) is 22.9 Å². The van der Waals surface area contributed by atoms with Gasteiger partial charge < -0.3 is 0 Å². The van der Waals surface area contributed by atoms with Crippen LogP contribution in [0.15, 0.2) is 34.5 Å². The number of anilines is 1. The summed E-state index contributed by atoms with van der Waals surface area (Å²) in [6.07, 6.45) is 0. The van der Waals surface area contributed by atoms with Crippen LogP contribution in [0.4, 0.5) is 5.69 Å². The molecule has 6 heteroatoms. The fourth-order valence-electron chi connectivity index (χ4n) is 2.35. The van der Waals surface area contributed by atoms with E-state index in [4.69, 9.17) is 11.6 Å². The fourth-order valence-corrected chi connectivity index (χ4v) is 5.90. The molecule has 1 aromatic heterocycles. The highest BCUT2D eigenvalue weighted by Gasteiger charge is 2.29. The lowest BCUT2D eigenvalue weighted by molar-refractivity contribution is 0.591. The predicted octanol–water partition coefficient (Wildman–Crippen LogP) is 4.32. The summed E-state index contributed by atoms with van der Waals surface area (Å²) in [5.41, 5.74) is 2.40. The van der Waals surface area contributed by atoms with E-state index in [1.807, 2.05) is 50.4 Å². The Labute approximate surface area is 135 Å². The normalized spacial score (nSPS) is 11.6. The Kier molecular flexibility index (Phi) is 4.96. The van der Waals surface area contributed by atoms with Crippen molar-refractivity contribution in [3.8, 4) is 0 Å². The Morgan fingerprint density at radius 3 is 2.43 bits per heavy atom. The predicted molar refractivity (Wildman–Crippen MR) is 90.0 cm³/mol. The SMILES string of the molecule is CCN(c1ccccc1C)S(=O)(=O)c1c(C)csc1CCl. The van der Waals surface area contributed by atoms with Gasteiger partial charge in [-0.05, 0) is 43.3 Å². The molecule has 114 valence electrons. The lowest BCUT2D eigenvalue weighted by atomic mass is 10.2. The third kappa shape index (κ3) is 2.96. The zero-order chi connectivity index (χ0) is 15.6. The summed E-state index contributed by atoms with van der Waals surface area (Å²) in [7, 11) is -3.60. The first-order valence-corrected chi connectivity index (χ1v) is 9.50. The quantitative estimate of drug-likeness (QED) is 0.758. The molecular weight excluding hydrogens is 326 g/mol. The van der Waals surface area contributed by atoms with Crippen molar-refractivity contribution in [2.45, 2.75) is 31.5 Å². The topological polar surface area (TPSA) is 37.4 Å². The first-order chi connectivity index (χ1) is 9.93. The van der Waals surface area contributed by atoms with Gasteiger partial charge in [0, 0.05) is 11.4 Å². The van der Waals surface area contributed by atoms with Gasteiger partial charge in [-0.3, -0.25) is 4.31 Å². The molecule has 0 aliphatic carbocycles. The molecule has 2 aromatic rings. The lowest BCUT2D eigenvalue weighted by Gasteiger charge is -2.25. The van der Waals surface area contributed by atoms with Crippen molar-refractivity contribution in [2.24, 2.45) is 0 Å². The minimum Gasteiger partial charge on any atom is -0.266 e. The highest BCUT2D eigenvalue weighted by Crippen LogP contribution is 2.33. The average molecular weight is 344 g/mol. The van der Waals surface area contributed by atoms with Crippen molar-refractivity contribution in [2.75, 3.05) is 10.8 Å². The van der Waals surface area contributed by atoms with Gasteiger partial charge in [-0.2, -0.15) is 0 Å². The molecule has 3 nitrogen and oxygen atoms in total. The average Bonchev–Trinajstić information content (AvgIpc) is 2.83. The van der Waals surface area contributed by atoms with Gasteiger partial charge in [0.1, 0.15) is 4.90 Å². The van der Waals surface area contributed by atoms with Crippen LogP contribution in [0.2, 0.25) is 0 Å². The number of benzene rings is 1. The third-order valence-corrected chi connectivity index (χ3v) is 7.11. The largest absolute Gasteiger partial charge is 0.266 e. The number of rotatable bonds is 5. The number of aryl methyl sites for hydroxylation is 2. The Balaban J connectivity index is 2.61. The number of alkyl halides is 1. The number of para-hydroxylation sites is 1. The standard InChI is InChI=1S/C15H18ClNO2S2/c1-4-17(13-8-6-5-7-11(13)2)21(18,19)15-12(3)10-20-14(15)9-16/h5-8,10H,4,9H2,1-3H3. The molecule has 1 aromatic carbocycles. The van der Waals surface area contributed by atoms with Crippen LogP contribution in [0, 0.1) is 13.8 Å². The van der Waals surface area contributed by atoms with E-state index in [1.54, 1.807) is 0 Å². The molecule has 0 aliphatic heterocycles. The van der Waals surface area contributed by atoms with Gasteiger partial charge in [0.15, 0.2) is 0 Å². The van der Waals surface area contributed by atoms with Crippen molar-refractivity contribution in [1.82, 2.24) is 0 Å². The number of sulfonamides is 1. The van der Waals surface area contributed by atoms with E-state index in [9.17, 15) is 8.42 Å². The van der Waals surface area contributed by atoms with Gasteiger partial charge in [0.25, 0.3) is 10.0 Å². The molecule has 0 radical (unpaired) electrons. The summed E-state index contributed by atoms with van der Waals surface area (Å²) in [5.74, 6) is 0.207. The molecule has 0 unspecified atom stereocenters. The molecule has 21 heavy (non-hydrogen) atoms. The van der Waals surface area contributed by atoms with E-state index in [2.05, 4.69) is 0 Å². The number of hydrogen-bond acceptors (Lipinski definition) is 3. The van der Waals surface area contributed by atoms with Crippen molar-refractivity contribution in [3.05, 3.63) is 45.6 Å². The highest BCUT2D eigenvalue weighted by atomic mass is 35.5. The molecular formula is C15H18ClNO2S2. The molecule has 0 saturated heterocycles. The molecule has 0 spiro atoms. The van der Waals surface area contributed by atoms with Crippen LogP contribution in [-0.4, -0.2) is 15.0 Å². The smallest absolute Gasteiger partial charge is 0.265 e. The summed E-state index contributed by atoms with van der Waals surface area (Å²) in [5, 5.41) is 1.84. The van der Waals surface area contributed by atoms with E-state index >= 15 is 0 Å². The second kappa shape index (κ2) is 6.38. The number of halogens is 1. The maximum absolute atomic E-state index is 13.1. The summed E-state index contributed by atoms with van der Waals surface area (Å²) in [4.78, 5) is 1.05. The van der Waals surface area contributed by atoms with E-state index in [0.29, 0.717) is 22.0 Å². The Morgan fingerprint density at radius 2 is 1.86 bits per heavy atom. The van der Waals surface area contributed by atoms with Crippen molar-refractivity contribution >= 4 is 38.6 Å². The maximum Gasteiger partial charge on any atom is 0.265 e. The van der Waals surface area contributed by atoms with Crippen LogP contribution >= 0.6 is 22.9 Å². The molecule has 2 rings (SSSR count). The van der Waals surface area contributed by atoms with Crippen molar-refractivity contribution in [1.29, 1.82) is 0 Å². The molecule has 0 fully saturated rings. The number of thiophene rings is 1. The molecule has 0 N–H and O–H groups in total. The van der Waals surface area contributed by atoms with Crippen molar-refractivity contribution < 1.29 is 8.42 Å². The van der Waals surface area contributed by atoms with Gasteiger partial charge >= 0.3 is 0 Å². The second-order valence-corrected chi connectivity index (χ2v) is 7.79. The molecule has 1 heterocycles. The fraction of sp³-hybridized carbons (Fsp3) is 0.333. The van der Waals surface area contributed by atoms with E-state index in [-0.39, 0.29) is 5.88 Å². The Hall–Kier alpha value is -1.04. The van der Waals surface area contributed by atoms with Gasteiger partial charge in [0.05, 0.1) is 11.6 Å². The van der Waals surface area contributed by atoms with Gasteiger partial charge in [-0.25, -0.2) is 8.42 Å². The first kappa shape index (κ1) is 16.3. The zero-order valence-electron chi connectivity index (χ0n) is 12.3. The Morgan fingerprint density at radius 1 is 1.19 bits per heavy atom. The minimum absolute atomic E-state index is 0.207. The number of hydrogen-bond donors (Lipinski definition) is 0. The van der Waals surface area contributed by atoms with Crippen LogP contribution in [-0.2, 0) is 15.9 Å². The summed E-state index contributed by atoms with van der Waals surface area (Å²) in [6, 6.07) is 7.50. The van der Waals surface area contributed by atoms with Crippen LogP contribution in [0.25, 0.3) is 0 Å². The molecule has 0 aliphatic rings. The highest BCUT2D eigenvalue weighted by molar-refractivity contribution is 7.93. The zero-order valence-corrected chi connectivity index (χ0v) is 14.6. The van der Waals surface area contributed by atoms with Gasteiger partial charge in [-0.1, -0.05) is 18.2 Å². The summed E-state index contributed by atoms with van der Waals surface area (Å²) >= 11 is 7.30. The van der Waals surface area contributed by atoms with E-state index in [0.717, 1.165) is 11.1 Å². The number of nitrogens with zero attached hydrogens (tertiary/aromatic N) is 1.